The average Bonchev–Trinajstić information content (AvgIpc) is 3.46. The highest BCUT2D eigenvalue weighted by molar-refractivity contribution is 5.27. The lowest BCUT2D eigenvalue weighted by Crippen LogP contribution is -2.25. The molecule has 0 bridgehead atoms. The van der Waals surface area contributed by atoms with Crippen molar-refractivity contribution in [2.24, 2.45) is 0 Å². The molecule has 0 saturated heterocycles. The van der Waals surface area contributed by atoms with Gasteiger partial charge in [0.2, 0.25) is 0 Å². The van der Waals surface area contributed by atoms with Gasteiger partial charge in [0, 0.05) is 13.1 Å². The first-order valence-electron chi connectivity index (χ1n) is 9.91. The predicted octanol–water partition coefficient (Wildman–Crippen LogP) is 5.25. The zero-order chi connectivity index (χ0) is 22.9. The van der Waals surface area contributed by atoms with Crippen molar-refractivity contribution in [3.63, 3.8) is 0 Å². The van der Waals surface area contributed by atoms with E-state index in [1.807, 2.05) is 0 Å². The van der Waals surface area contributed by atoms with Crippen LogP contribution in [0.5, 0.6) is 0 Å². The van der Waals surface area contributed by atoms with E-state index in [0.29, 0.717) is 17.0 Å². The fraction of sp³-hybridized carbons (Fsp3) is 0.381. The van der Waals surface area contributed by atoms with Crippen LogP contribution in [0, 0.1) is 0 Å². The third-order valence-electron chi connectivity index (χ3n) is 5.14. The Hall–Kier alpha value is -2.95. The summed E-state index contributed by atoms with van der Waals surface area (Å²) in [6, 6.07) is 9.97. The number of rotatable bonds is 7. The minimum Gasteiger partial charge on any atom is -0.287 e. The summed E-state index contributed by atoms with van der Waals surface area (Å²) in [6.07, 6.45) is -7.12. The van der Waals surface area contributed by atoms with E-state index in [9.17, 15) is 26.3 Å². The normalized spacial score (nSPS) is 14.8. The minimum absolute atomic E-state index is 0.0810. The van der Waals surface area contributed by atoms with Crippen LogP contribution in [-0.2, 0) is 32.0 Å². The fourth-order valence-electron chi connectivity index (χ4n) is 3.50. The molecule has 0 atom stereocenters. The van der Waals surface area contributed by atoms with Crippen LogP contribution >= 0.6 is 0 Å². The summed E-state index contributed by atoms with van der Waals surface area (Å²) in [6.45, 7) is 0.339. The van der Waals surface area contributed by atoms with Gasteiger partial charge in [0.15, 0.2) is 5.82 Å². The standard InChI is InChI=1S/C21H19F6N5/c22-20(23,24)16-5-1-3-14(9-16)11-31(13-19-28-29-30-32(19)18-7-8-18)12-15-4-2-6-17(10-15)21(25,26)27/h1-6,9-10,18H,7-8,11-13H2. The fourth-order valence-corrected chi connectivity index (χ4v) is 3.50. The Morgan fingerprint density at radius 3 is 1.81 bits per heavy atom. The predicted molar refractivity (Wildman–Crippen MR) is 102 cm³/mol. The van der Waals surface area contributed by atoms with E-state index >= 15 is 0 Å². The van der Waals surface area contributed by atoms with E-state index in [2.05, 4.69) is 15.5 Å². The van der Waals surface area contributed by atoms with E-state index in [1.165, 1.54) is 12.1 Å². The second-order valence-electron chi connectivity index (χ2n) is 7.81. The first kappa shape index (κ1) is 22.3. The molecule has 2 aromatic carbocycles. The molecule has 0 aliphatic heterocycles. The SMILES string of the molecule is FC(F)(F)c1cccc(CN(Cc2cccc(C(F)(F)F)c2)Cc2nnnn2C2CC2)c1. The molecule has 1 aromatic heterocycles. The second kappa shape index (κ2) is 8.53. The van der Waals surface area contributed by atoms with Crippen LogP contribution in [0.2, 0.25) is 0 Å². The molecule has 1 aliphatic carbocycles. The highest BCUT2D eigenvalue weighted by atomic mass is 19.4. The van der Waals surface area contributed by atoms with Gasteiger partial charge >= 0.3 is 12.4 Å². The average molecular weight is 455 g/mol. The van der Waals surface area contributed by atoms with Crippen LogP contribution in [0.1, 0.15) is 47.0 Å². The first-order valence-corrected chi connectivity index (χ1v) is 9.91. The van der Waals surface area contributed by atoms with Crippen LogP contribution in [0.4, 0.5) is 26.3 Å². The smallest absolute Gasteiger partial charge is 0.287 e. The molecule has 0 unspecified atom stereocenters. The van der Waals surface area contributed by atoms with E-state index < -0.39 is 23.5 Å². The monoisotopic (exact) mass is 455 g/mol. The summed E-state index contributed by atoms with van der Waals surface area (Å²) in [5.41, 5.74) is -0.789. The quantitative estimate of drug-likeness (QED) is 0.457. The van der Waals surface area contributed by atoms with Crippen molar-refractivity contribution < 1.29 is 26.3 Å². The Balaban J connectivity index is 1.60. The molecule has 1 heterocycles. The van der Waals surface area contributed by atoms with Gasteiger partial charge in [-0.3, -0.25) is 4.90 Å². The topological polar surface area (TPSA) is 46.8 Å². The molecule has 3 aromatic rings. The molecule has 0 N–H and O–H groups in total. The van der Waals surface area contributed by atoms with Gasteiger partial charge in [-0.2, -0.15) is 26.3 Å². The first-order chi connectivity index (χ1) is 15.1. The molecular formula is C21H19F6N5. The van der Waals surface area contributed by atoms with Gasteiger partial charge in [0.05, 0.1) is 23.7 Å². The van der Waals surface area contributed by atoms with Crippen molar-refractivity contribution in [3.05, 3.63) is 76.6 Å². The second-order valence-corrected chi connectivity index (χ2v) is 7.81. The molecule has 5 nitrogen and oxygen atoms in total. The lowest BCUT2D eigenvalue weighted by Gasteiger charge is -2.23. The number of halogens is 6. The Bertz CT molecular complexity index is 1010. The van der Waals surface area contributed by atoms with Crippen LogP contribution in [0.3, 0.4) is 0 Å². The van der Waals surface area contributed by atoms with E-state index in [0.717, 1.165) is 37.1 Å². The molecule has 32 heavy (non-hydrogen) atoms. The van der Waals surface area contributed by atoms with Crippen LogP contribution in [0.25, 0.3) is 0 Å². The molecule has 11 heteroatoms. The van der Waals surface area contributed by atoms with Gasteiger partial charge in [-0.15, -0.1) is 5.10 Å². The molecular weight excluding hydrogens is 436 g/mol. The number of alkyl halides is 6. The molecule has 4 rings (SSSR count). The van der Waals surface area contributed by atoms with Crippen molar-refractivity contribution in [3.8, 4) is 0 Å². The van der Waals surface area contributed by atoms with Crippen molar-refractivity contribution in [2.45, 2.75) is 50.9 Å². The van der Waals surface area contributed by atoms with Gasteiger partial charge in [-0.05, 0) is 46.5 Å². The third kappa shape index (κ3) is 5.45. The number of nitrogens with zero attached hydrogens (tertiary/aromatic N) is 5. The lowest BCUT2D eigenvalue weighted by atomic mass is 10.1. The Morgan fingerprint density at radius 1 is 0.812 bits per heavy atom. The summed E-state index contributed by atoms with van der Waals surface area (Å²) in [5, 5.41) is 11.7. The Morgan fingerprint density at radius 2 is 1.34 bits per heavy atom. The molecule has 1 aliphatic rings. The summed E-state index contributed by atoms with van der Waals surface area (Å²) >= 11 is 0. The zero-order valence-electron chi connectivity index (χ0n) is 16.7. The Labute approximate surface area is 179 Å². The molecule has 0 spiro atoms. The Kier molecular flexibility index (Phi) is 5.93. The number of hydrogen-bond acceptors (Lipinski definition) is 4. The minimum atomic E-state index is -4.49. The maximum absolute atomic E-state index is 13.1. The van der Waals surface area contributed by atoms with Crippen molar-refractivity contribution in [2.75, 3.05) is 0 Å². The van der Waals surface area contributed by atoms with Crippen molar-refractivity contribution in [1.82, 2.24) is 25.1 Å². The summed E-state index contributed by atoms with van der Waals surface area (Å²) in [5.74, 6) is 0.520. The van der Waals surface area contributed by atoms with Crippen LogP contribution in [-0.4, -0.2) is 25.1 Å². The number of tetrazole rings is 1. The molecule has 0 radical (unpaired) electrons. The summed E-state index contributed by atoms with van der Waals surface area (Å²) in [4.78, 5) is 1.73. The maximum atomic E-state index is 13.1. The van der Waals surface area contributed by atoms with Gasteiger partial charge in [-0.1, -0.05) is 36.4 Å². The van der Waals surface area contributed by atoms with Gasteiger partial charge < -0.3 is 0 Å². The summed E-state index contributed by atoms with van der Waals surface area (Å²) in [7, 11) is 0. The van der Waals surface area contributed by atoms with E-state index in [4.69, 9.17) is 0 Å². The number of benzene rings is 2. The van der Waals surface area contributed by atoms with E-state index in [1.54, 1.807) is 21.7 Å². The van der Waals surface area contributed by atoms with Crippen molar-refractivity contribution in [1.29, 1.82) is 0 Å². The highest BCUT2D eigenvalue weighted by Crippen LogP contribution is 2.35. The summed E-state index contributed by atoms with van der Waals surface area (Å²) < 4.78 is 80.3. The lowest BCUT2D eigenvalue weighted by molar-refractivity contribution is -0.138. The molecule has 1 saturated carbocycles. The zero-order valence-corrected chi connectivity index (χ0v) is 16.7. The maximum Gasteiger partial charge on any atom is 0.416 e. The number of hydrogen-bond donors (Lipinski definition) is 0. The molecule has 1 fully saturated rings. The highest BCUT2D eigenvalue weighted by Gasteiger charge is 2.32. The van der Waals surface area contributed by atoms with E-state index in [-0.39, 0.29) is 25.7 Å². The third-order valence-corrected chi connectivity index (χ3v) is 5.14. The van der Waals surface area contributed by atoms with Crippen molar-refractivity contribution >= 4 is 0 Å². The van der Waals surface area contributed by atoms with Gasteiger partial charge in [0.25, 0.3) is 0 Å². The molecule has 170 valence electrons. The number of aromatic nitrogens is 4. The molecule has 0 amide bonds. The van der Waals surface area contributed by atoms with Crippen LogP contribution < -0.4 is 0 Å². The largest absolute Gasteiger partial charge is 0.416 e. The van der Waals surface area contributed by atoms with Gasteiger partial charge in [0.1, 0.15) is 0 Å². The van der Waals surface area contributed by atoms with Crippen LogP contribution in [0.15, 0.2) is 48.5 Å². The van der Waals surface area contributed by atoms with Gasteiger partial charge in [-0.25, -0.2) is 4.68 Å².